The van der Waals surface area contributed by atoms with Crippen molar-refractivity contribution in [2.45, 2.75) is 50.7 Å². The van der Waals surface area contributed by atoms with Crippen LogP contribution in [0.5, 0.6) is 0 Å². The molecule has 2 aliphatic heterocycles. The molecule has 0 spiro atoms. The molecule has 5 rings (SSSR count). The minimum absolute atomic E-state index is 0.0822. The van der Waals surface area contributed by atoms with E-state index >= 15 is 0 Å². The molecule has 0 bridgehead atoms. The van der Waals surface area contributed by atoms with Crippen molar-refractivity contribution in [2.75, 3.05) is 57.8 Å². The zero-order valence-corrected chi connectivity index (χ0v) is 20.8. The number of likely N-dealkylation sites (tertiary alicyclic amines) is 1. The van der Waals surface area contributed by atoms with Gasteiger partial charge in [0.25, 0.3) is 0 Å². The monoisotopic (exact) mass is 471 g/mol. The summed E-state index contributed by atoms with van der Waals surface area (Å²) in [6, 6.07) is 8.97. The molecule has 0 atom stereocenters. The van der Waals surface area contributed by atoms with E-state index in [0.29, 0.717) is 19.1 Å². The summed E-state index contributed by atoms with van der Waals surface area (Å²) in [5.41, 5.74) is -0.158. The number of ether oxygens (including phenoxy) is 1. The number of fused-ring (bicyclic) bond motifs is 1. The van der Waals surface area contributed by atoms with E-state index in [-0.39, 0.29) is 11.6 Å². The molecule has 0 unspecified atom stereocenters. The van der Waals surface area contributed by atoms with Gasteiger partial charge in [-0.1, -0.05) is 12.1 Å². The van der Waals surface area contributed by atoms with Crippen LogP contribution in [0.4, 0.5) is 10.6 Å². The fourth-order valence-electron chi connectivity index (χ4n) is 5.54. The minimum Gasteiger partial charge on any atom is -0.375 e. The normalized spacial score (nSPS) is 25.8. The standard InChI is InChI=1S/C25H37N5O2S/c1-25(32-2)17-30(18-25)24(31)26-20-9-7-19(8-10-20)11-12-28-13-15-29(16-14-28)23-21-5-3-4-6-22(21)33-27-23/h3-6,19-20H,7-18H2,1-2H3,(H,26,31). The zero-order valence-electron chi connectivity index (χ0n) is 20.0. The van der Waals surface area contributed by atoms with Crippen molar-refractivity contribution in [3.05, 3.63) is 24.3 Å². The number of nitrogens with one attached hydrogen (secondary N) is 1. The Hall–Kier alpha value is -1.90. The summed E-state index contributed by atoms with van der Waals surface area (Å²) in [6.07, 6.45) is 5.95. The molecule has 2 amide bonds. The molecule has 8 heteroatoms. The van der Waals surface area contributed by atoms with Crippen LogP contribution < -0.4 is 10.2 Å². The highest BCUT2D eigenvalue weighted by molar-refractivity contribution is 7.13. The third-order valence-electron chi connectivity index (χ3n) is 7.89. The number of amides is 2. The topological polar surface area (TPSA) is 60.9 Å². The van der Waals surface area contributed by atoms with Gasteiger partial charge in [-0.05, 0) is 75.2 Å². The van der Waals surface area contributed by atoms with Crippen LogP contribution in [0.25, 0.3) is 10.1 Å². The van der Waals surface area contributed by atoms with Gasteiger partial charge in [0, 0.05) is 44.7 Å². The fraction of sp³-hybridized carbons (Fsp3) is 0.680. The highest BCUT2D eigenvalue weighted by atomic mass is 32.1. The predicted molar refractivity (Wildman–Crippen MR) is 134 cm³/mol. The lowest BCUT2D eigenvalue weighted by molar-refractivity contribution is -0.0914. The van der Waals surface area contributed by atoms with E-state index < -0.39 is 0 Å². The van der Waals surface area contributed by atoms with Crippen LogP contribution in [0.2, 0.25) is 0 Å². The van der Waals surface area contributed by atoms with Gasteiger partial charge in [-0.25, -0.2) is 4.79 Å². The van der Waals surface area contributed by atoms with Crippen molar-refractivity contribution in [3.8, 4) is 0 Å². The Morgan fingerprint density at radius 3 is 2.61 bits per heavy atom. The van der Waals surface area contributed by atoms with Gasteiger partial charge in [-0.3, -0.25) is 4.90 Å². The number of nitrogens with zero attached hydrogens (tertiary/aromatic N) is 4. The van der Waals surface area contributed by atoms with Crippen LogP contribution in [-0.4, -0.2) is 84.8 Å². The Labute approximate surface area is 201 Å². The van der Waals surface area contributed by atoms with Crippen molar-refractivity contribution in [1.29, 1.82) is 0 Å². The molecular weight excluding hydrogens is 434 g/mol. The molecule has 7 nitrogen and oxygen atoms in total. The molecular formula is C25H37N5O2S. The summed E-state index contributed by atoms with van der Waals surface area (Å²) < 4.78 is 11.5. The first kappa shape index (κ1) is 22.9. The van der Waals surface area contributed by atoms with Gasteiger partial charge in [-0.15, -0.1) is 0 Å². The quantitative estimate of drug-likeness (QED) is 0.695. The molecule has 0 radical (unpaired) electrons. The van der Waals surface area contributed by atoms with Gasteiger partial charge in [-0.2, -0.15) is 4.37 Å². The average Bonchev–Trinajstić information content (AvgIpc) is 3.26. The summed E-state index contributed by atoms with van der Waals surface area (Å²) in [7, 11) is 1.72. The molecule has 3 fully saturated rings. The van der Waals surface area contributed by atoms with Crippen LogP contribution in [-0.2, 0) is 4.74 Å². The van der Waals surface area contributed by atoms with Crippen molar-refractivity contribution < 1.29 is 9.53 Å². The van der Waals surface area contributed by atoms with Gasteiger partial charge in [0.2, 0.25) is 0 Å². The van der Waals surface area contributed by atoms with Crippen LogP contribution >= 0.6 is 11.5 Å². The number of hydrogen-bond donors (Lipinski definition) is 1. The van der Waals surface area contributed by atoms with E-state index in [1.165, 1.54) is 41.7 Å². The van der Waals surface area contributed by atoms with Gasteiger partial charge in [0.1, 0.15) is 11.4 Å². The molecule has 2 saturated heterocycles. The van der Waals surface area contributed by atoms with E-state index in [0.717, 1.165) is 44.9 Å². The Kier molecular flexibility index (Phi) is 6.77. The molecule has 1 aromatic carbocycles. The number of piperazine rings is 1. The van der Waals surface area contributed by atoms with Crippen LogP contribution in [0, 0.1) is 5.92 Å². The minimum atomic E-state index is -0.158. The summed E-state index contributed by atoms with van der Waals surface area (Å²) in [5.74, 6) is 1.96. The molecule has 2 aromatic rings. The molecule has 3 aliphatic rings. The summed E-state index contributed by atoms with van der Waals surface area (Å²) in [4.78, 5) is 19.4. The van der Waals surface area contributed by atoms with Gasteiger partial charge >= 0.3 is 6.03 Å². The number of anilines is 1. The lowest BCUT2D eigenvalue weighted by Crippen LogP contribution is -2.65. The number of benzene rings is 1. The molecule has 180 valence electrons. The molecule has 1 saturated carbocycles. The third kappa shape index (κ3) is 5.12. The van der Waals surface area contributed by atoms with Crippen LogP contribution in [0.1, 0.15) is 39.0 Å². The number of carbonyl (C=O) groups excluding carboxylic acids is 1. The molecule has 3 heterocycles. The van der Waals surface area contributed by atoms with Crippen molar-refractivity contribution in [1.82, 2.24) is 19.5 Å². The summed E-state index contributed by atoms with van der Waals surface area (Å²) >= 11 is 1.61. The SMILES string of the molecule is COC1(C)CN(C(=O)NC2CCC(CCN3CCN(c4nsc5ccccc45)CC3)CC2)C1. The first-order valence-corrected chi connectivity index (χ1v) is 13.2. The second-order valence-electron chi connectivity index (χ2n) is 10.3. The highest BCUT2D eigenvalue weighted by Crippen LogP contribution is 2.31. The summed E-state index contributed by atoms with van der Waals surface area (Å²) in [5, 5.41) is 4.54. The lowest BCUT2D eigenvalue weighted by atomic mass is 9.84. The molecule has 33 heavy (non-hydrogen) atoms. The number of urea groups is 1. The third-order valence-corrected chi connectivity index (χ3v) is 8.71. The largest absolute Gasteiger partial charge is 0.375 e. The Morgan fingerprint density at radius 1 is 1.15 bits per heavy atom. The second-order valence-corrected chi connectivity index (χ2v) is 11.1. The van der Waals surface area contributed by atoms with E-state index in [9.17, 15) is 4.79 Å². The van der Waals surface area contributed by atoms with E-state index in [2.05, 4.69) is 46.3 Å². The van der Waals surface area contributed by atoms with Crippen molar-refractivity contribution in [2.24, 2.45) is 5.92 Å². The first-order chi connectivity index (χ1) is 16.0. The number of aromatic nitrogens is 1. The van der Waals surface area contributed by atoms with E-state index in [1.54, 1.807) is 18.6 Å². The Morgan fingerprint density at radius 2 is 1.88 bits per heavy atom. The number of methoxy groups -OCH3 is 1. The molecule has 1 N–H and O–H groups in total. The molecule has 1 aromatic heterocycles. The Balaban J connectivity index is 0.995. The van der Waals surface area contributed by atoms with Gasteiger partial charge in [0.05, 0.1) is 17.8 Å². The lowest BCUT2D eigenvalue weighted by Gasteiger charge is -2.47. The zero-order chi connectivity index (χ0) is 22.8. The first-order valence-electron chi connectivity index (χ1n) is 12.5. The fourth-order valence-corrected chi connectivity index (χ4v) is 6.34. The smallest absolute Gasteiger partial charge is 0.317 e. The van der Waals surface area contributed by atoms with Gasteiger partial charge in [0.15, 0.2) is 0 Å². The highest BCUT2D eigenvalue weighted by Gasteiger charge is 2.42. The maximum atomic E-state index is 12.4. The van der Waals surface area contributed by atoms with Crippen molar-refractivity contribution in [3.63, 3.8) is 0 Å². The number of rotatable bonds is 6. The maximum Gasteiger partial charge on any atom is 0.317 e. The van der Waals surface area contributed by atoms with Crippen molar-refractivity contribution >= 4 is 33.5 Å². The number of carbonyl (C=O) groups is 1. The van der Waals surface area contributed by atoms with E-state index in [1.807, 2.05) is 4.90 Å². The predicted octanol–water partition coefficient (Wildman–Crippen LogP) is 3.80. The van der Waals surface area contributed by atoms with E-state index in [4.69, 9.17) is 9.11 Å². The van der Waals surface area contributed by atoms with Gasteiger partial charge < -0.3 is 19.9 Å². The Bertz CT molecular complexity index is 943. The van der Waals surface area contributed by atoms with Crippen LogP contribution in [0.3, 0.4) is 0 Å². The van der Waals surface area contributed by atoms with Crippen LogP contribution in [0.15, 0.2) is 24.3 Å². The summed E-state index contributed by atoms with van der Waals surface area (Å²) in [6.45, 7) is 8.99. The molecule has 1 aliphatic carbocycles. The number of hydrogen-bond acceptors (Lipinski definition) is 6. The maximum absolute atomic E-state index is 12.4. The second kappa shape index (κ2) is 9.76. The average molecular weight is 472 g/mol.